The molecule has 0 radical (unpaired) electrons. The highest BCUT2D eigenvalue weighted by molar-refractivity contribution is 7.80. The summed E-state index contributed by atoms with van der Waals surface area (Å²) >= 11 is 24.3. The molecule has 2 aliphatic rings. The summed E-state index contributed by atoms with van der Waals surface area (Å²) in [5.41, 5.74) is 3.56. The van der Waals surface area contributed by atoms with Gasteiger partial charge in [0.2, 0.25) is 0 Å². The number of carbonyl (C=O) groups excluding carboxylic acids is 2. The van der Waals surface area contributed by atoms with Crippen molar-refractivity contribution in [2.24, 2.45) is 0 Å². The van der Waals surface area contributed by atoms with Crippen LogP contribution in [-0.2, 0) is 9.59 Å². The molecule has 0 aliphatic carbocycles. The van der Waals surface area contributed by atoms with Gasteiger partial charge in [0, 0.05) is 23.3 Å². The van der Waals surface area contributed by atoms with Gasteiger partial charge < -0.3 is 4.90 Å². The number of rotatable bonds is 2. The van der Waals surface area contributed by atoms with E-state index in [1.165, 1.54) is 6.08 Å². The summed E-state index contributed by atoms with van der Waals surface area (Å²) in [5, 5.41) is 3.31. The second kappa shape index (κ2) is 8.44. The Morgan fingerprint density at radius 2 is 1.76 bits per heavy atom. The predicted octanol–water partition coefficient (Wildman–Crippen LogP) is 6.11. The Kier molecular flexibility index (Phi) is 6.08. The van der Waals surface area contributed by atoms with Crippen LogP contribution in [0.1, 0.15) is 31.9 Å². The first kappa shape index (κ1) is 23.8. The second-order valence-electron chi connectivity index (χ2n) is 8.46. The van der Waals surface area contributed by atoms with Gasteiger partial charge in [0.25, 0.3) is 11.8 Å². The fourth-order valence-electron chi connectivity index (χ4n) is 4.00. The van der Waals surface area contributed by atoms with Crippen molar-refractivity contribution >= 4 is 87.0 Å². The van der Waals surface area contributed by atoms with Gasteiger partial charge >= 0.3 is 0 Å². The van der Waals surface area contributed by atoms with E-state index in [9.17, 15) is 9.59 Å². The SMILES string of the molecule is CC1=CC(C)(C)N(C)c2cc(Cl)c(/C=C3\C(=O)NC(=S)N(c4cccc(Cl)c4Cl)C3=O)cc21. The fourth-order valence-corrected chi connectivity index (χ4v) is 4.86. The van der Waals surface area contributed by atoms with Crippen molar-refractivity contribution in [2.75, 3.05) is 16.8 Å². The Morgan fingerprint density at radius 1 is 1.06 bits per heavy atom. The van der Waals surface area contributed by atoms with E-state index < -0.39 is 11.8 Å². The highest BCUT2D eigenvalue weighted by Crippen LogP contribution is 2.41. The molecule has 0 bridgehead atoms. The quantitative estimate of drug-likeness (QED) is 0.295. The van der Waals surface area contributed by atoms with Gasteiger partial charge in [-0.05, 0) is 74.5 Å². The number of nitrogens with one attached hydrogen (secondary N) is 1. The predicted molar refractivity (Wildman–Crippen MR) is 140 cm³/mol. The van der Waals surface area contributed by atoms with Crippen LogP contribution in [0.25, 0.3) is 11.6 Å². The standard InChI is InChI=1S/C24H20Cl3N3O2S/c1-12-11-24(2,3)29(4)19-10-17(26)13(8-14(12)19)9-15-21(31)28-23(33)30(22(15)32)18-7-5-6-16(25)20(18)27/h5-11H,1-4H3,(H,28,31,33)/b15-9+. The summed E-state index contributed by atoms with van der Waals surface area (Å²) in [7, 11) is 2.00. The summed E-state index contributed by atoms with van der Waals surface area (Å²) in [6.45, 7) is 6.26. The first-order chi connectivity index (χ1) is 15.4. The monoisotopic (exact) mass is 519 g/mol. The minimum atomic E-state index is -0.618. The zero-order valence-corrected chi connectivity index (χ0v) is 21.4. The summed E-state index contributed by atoms with van der Waals surface area (Å²) in [4.78, 5) is 29.4. The number of likely N-dealkylation sites (N-methyl/N-ethyl adjacent to an activating group) is 1. The van der Waals surface area contributed by atoms with E-state index in [1.54, 1.807) is 18.2 Å². The van der Waals surface area contributed by atoms with Crippen LogP contribution in [-0.4, -0.2) is 29.5 Å². The number of halogens is 3. The molecule has 1 N–H and O–H groups in total. The molecule has 0 aromatic heterocycles. The van der Waals surface area contributed by atoms with Gasteiger partial charge in [-0.3, -0.25) is 19.8 Å². The Morgan fingerprint density at radius 3 is 2.45 bits per heavy atom. The molecule has 5 nitrogen and oxygen atoms in total. The Labute approximate surface area is 212 Å². The number of nitrogens with zero attached hydrogens (tertiary/aromatic N) is 2. The van der Waals surface area contributed by atoms with Crippen LogP contribution in [0.2, 0.25) is 15.1 Å². The van der Waals surface area contributed by atoms with Crippen molar-refractivity contribution in [1.82, 2.24) is 5.32 Å². The van der Waals surface area contributed by atoms with E-state index in [4.69, 9.17) is 47.0 Å². The van der Waals surface area contributed by atoms with Crippen molar-refractivity contribution < 1.29 is 9.59 Å². The summed E-state index contributed by atoms with van der Waals surface area (Å²) < 4.78 is 0. The lowest BCUT2D eigenvalue weighted by atomic mass is 9.88. The number of allylic oxidation sites excluding steroid dienone is 1. The zero-order chi connectivity index (χ0) is 24.2. The molecule has 1 fully saturated rings. The first-order valence-electron chi connectivity index (χ1n) is 10.0. The summed E-state index contributed by atoms with van der Waals surface area (Å²) in [6.07, 6.45) is 3.64. The van der Waals surface area contributed by atoms with Crippen LogP contribution in [0.5, 0.6) is 0 Å². The van der Waals surface area contributed by atoms with Crippen LogP contribution in [0, 0.1) is 0 Å². The molecule has 0 saturated carbocycles. The molecule has 2 aromatic carbocycles. The van der Waals surface area contributed by atoms with E-state index in [2.05, 4.69) is 30.1 Å². The van der Waals surface area contributed by atoms with Gasteiger partial charge in [-0.1, -0.05) is 46.9 Å². The van der Waals surface area contributed by atoms with Crippen LogP contribution < -0.4 is 15.1 Å². The molecule has 1 saturated heterocycles. The lowest BCUT2D eigenvalue weighted by Gasteiger charge is -2.41. The Bertz CT molecular complexity index is 1300. The number of carbonyl (C=O) groups is 2. The Balaban J connectivity index is 1.81. The molecular formula is C24H20Cl3N3O2S. The maximum absolute atomic E-state index is 13.4. The number of benzene rings is 2. The average Bonchev–Trinajstić information content (AvgIpc) is 2.72. The lowest BCUT2D eigenvalue weighted by molar-refractivity contribution is -0.122. The number of amides is 2. The van der Waals surface area contributed by atoms with E-state index in [0.29, 0.717) is 10.6 Å². The number of thiocarbonyl (C=S) groups is 1. The molecule has 2 amide bonds. The number of hydrogen-bond acceptors (Lipinski definition) is 4. The zero-order valence-electron chi connectivity index (χ0n) is 18.3. The van der Waals surface area contributed by atoms with Crippen molar-refractivity contribution in [3.05, 3.63) is 68.2 Å². The highest BCUT2D eigenvalue weighted by atomic mass is 35.5. The molecule has 0 atom stereocenters. The molecule has 0 spiro atoms. The smallest absolute Gasteiger partial charge is 0.270 e. The minimum absolute atomic E-state index is 0.0783. The molecule has 2 heterocycles. The van der Waals surface area contributed by atoms with Crippen molar-refractivity contribution in [3.8, 4) is 0 Å². The molecule has 33 heavy (non-hydrogen) atoms. The normalized spacial score (nSPS) is 18.9. The molecule has 2 aliphatic heterocycles. The maximum atomic E-state index is 13.4. The third-order valence-electron chi connectivity index (χ3n) is 5.91. The van der Waals surface area contributed by atoms with Gasteiger partial charge in [-0.15, -0.1) is 0 Å². The molecular weight excluding hydrogens is 501 g/mol. The number of fused-ring (bicyclic) bond motifs is 1. The first-order valence-corrected chi connectivity index (χ1v) is 11.6. The van der Waals surface area contributed by atoms with Gasteiger partial charge in [-0.2, -0.15) is 0 Å². The lowest BCUT2D eigenvalue weighted by Crippen LogP contribution is -2.54. The van der Waals surface area contributed by atoms with Crippen LogP contribution in [0.4, 0.5) is 11.4 Å². The molecule has 170 valence electrons. The fraction of sp³-hybridized carbons (Fsp3) is 0.208. The van der Waals surface area contributed by atoms with Crippen molar-refractivity contribution in [3.63, 3.8) is 0 Å². The largest absolute Gasteiger partial charge is 0.365 e. The molecule has 4 rings (SSSR count). The second-order valence-corrected chi connectivity index (χ2v) is 10.0. The van der Waals surface area contributed by atoms with E-state index in [0.717, 1.165) is 21.7 Å². The highest BCUT2D eigenvalue weighted by Gasteiger charge is 2.36. The molecule has 9 heteroatoms. The minimum Gasteiger partial charge on any atom is -0.365 e. The number of anilines is 2. The van der Waals surface area contributed by atoms with Crippen LogP contribution >= 0.6 is 47.0 Å². The van der Waals surface area contributed by atoms with Crippen LogP contribution in [0.3, 0.4) is 0 Å². The van der Waals surface area contributed by atoms with E-state index in [-0.39, 0.29) is 32.0 Å². The van der Waals surface area contributed by atoms with Gasteiger partial charge in [0.15, 0.2) is 5.11 Å². The number of hydrogen-bond donors (Lipinski definition) is 1. The topological polar surface area (TPSA) is 52.7 Å². The van der Waals surface area contributed by atoms with Gasteiger partial charge in [-0.25, -0.2) is 0 Å². The molecule has 0 unspecified atom stereocenters. The van der Waals surface area contributed by atoms with Crippen molar-refractivity contribution in [1.29, 1.82) is 0 Å². The third-order valence-corrected chi connectivity index (χ3v) is 7.33. The Hall–Kier alpha value is -2.38. The van der Waals surface area contributed by atoms with Gasteiger partial charge in [0.1, 0.15) is 5.57 Å². The van der Waals surface area contributed by atoms with E-state index in [1.807, 2.05) is 26.1 Å². The van der Waals surface area contributed by atoms with E-state index >= 15 is 0 Å². The molecule has 2 aromatic rings. The summed E-state index contributed by atoms with van der Waals surface area (Å²) in [5.74, 6) is -1.23. The maximum Gasteiger partial charge on any atom is 0.270 e. The van der Waals surface area contributed by atoms with Gasteiger partial charge in [0.05, 0.1) is 21.3 Å². The van der Waals surface area contributed by atoms with Crippen LogP contribution in [0.15, 0.2) is 42.0 Å². The summed E-state index contributed by atoms with van der Waals surface area (Å²) in [6, 6.07) is 8.58. The average molecular weight is 521 g/mol. The third kappa shape index (κ3) is 4.06. The van der Waals surface area contributed by atoms with Crippen molar-refractivity contribution in [2.45, 2.75) is 26.3 Å².